The van der Waals surface area contributed by atoms with E-state index in [1.54, 1.807) is 19.2 Å². The van der Waals surface area contributed by atoms with Gasteiger partial charge in [0.05, 0.1) is 5.69 Å². The summed E-state index contributed by atoms with van der Waals surface area (Å²) in [5.74, 6) is 0.707. The predicted octanol–water partition coefficient (Wildman–Crippen LogP) is 3.16. The van der Waals surface area contributed by atoms with E-state index < -0.39 is 0 Å². The molecule has 2 aromatic rings. The number of carbonyl (C=O) groups is 3. The first-order chi connectivity index (χ1) is 12.7. The lowest BCUT2D eigenvalue weighted by atomic mass is 9.99. The van der Waals surface area contributed by atoms with Gasteiger partial charge in [-0.1, -0.05) is 18.2 Å². The van der Waals surface area contributed by atoms with Crippen molar-refractivity contribution in [2.24, 2.45) is 4.99 Å². The number of hydrogen-bond donors (Lipinski definition) is 2. The number of aliphatic imine (C=N–C) groups is 1. The van der Waals surface area contributed by atoms with Crippen LogP contribution in [0, 0.1) is 0 Å². The third-order valence-corrected chi connectivity index (χ3v) is 4.19. The molecule has 0 bridgehead atoms. The number of nitrogens with zero attached hydrogens (tertiary/aromatic N) is 1. The number of anilines is 2. The van der Waals surface area contributed by atoms with Gasteiger partial charge in [0.2, 0.25) is 6.41 Å². The average Bonchev–Trinajstić information content (AvgIpc) is 2.86. The molecule has 0 spiro atoms. The van der Waals surface area contributed by atoms with Crippen LogP contribution in [0.1, 0.15) is 22.3 Å². The normalized spacial score (nSPS) is 14.5. The number of nitrogens with one attached hydrogen (secondary N) is 2. The first-order valence-electron chi connectivity index (χ1n) is 8.00. The van der Waals surface area contributed by atoms with Gasteiger partial charge in [-0.2, -0.15) is 0 Å². The van der Waals surface area contributed by atoms with Gasteiger partial charge in [-0.05, 0) is 41.0 Å². The van der Waals surface area contributed by atoms with Crippen LogP contribution in [-0.2, 0) is 9.59 Å². The second kappa shape index (κ2) is 7.57. The third-order valence-electron chi connectivity index (χ3n) is 4.19. The molecule has 1 amide bonds. The molecular formula is C20H17N3O3. The molecule has 3 rings (SSSR count). The van der Waals surface area contributed by atoms with Crippen LogP contribution >= 0.6 is 0 Å². The Morgan fingerprint density at radius 2 is 1.81 bits per heavy atom. The summed E-state index contributed by atoms with van der Waals surface area (Å²) in [7, 11) is 1.68. The lowest BCUT2D eigenvalue weighted by Crippen LogP contribution is -2.12. The van der Waals surface area contributed by atoms with Gasteiger partial charge in [0.25, 0.3) is 0 Å². The molecule has 1 aliphatic rings. The van der Waals surface area contributed by atoms with E-state index in [9.17, 15) is 14.4 Å². The van der Waals surface area contributed by atoms with Gasteiger partial charge >= 0.3 is 0 Å². The first-order valence-corrected chi connectivity index (χ1v) is 8.00. The summed E-state index contributed by atoms with van der Waals surface area (Å²) < 4.78 is 0. The Labute approximate surface area is 150 Å². The lowest BCUT2D eigenvalue weighted by molar-refractivity contribution is -0.105. The topological polar surface area (TPSA) is 87.6 Å². The van der Waals surface area contributed by atoms with Gasteiger partial charge in [0.15, 0.2) is 6.29 Å². The summed E-state index contributed by atoms with van der Waals surface area (Å²) in [6.07, 6.45) is 4.37. The minimum atomic E-state index is 0.410. The molecule has 130 valence electrons. The highest BCUT2D eigenvalue weighted by Crippen LogP contribution is 2.31. The Morgan fingerprint density at radius 3 is 2.50 bits per heavy atom. The maximum Gasteiger partial charge on any atom is 0.211 e. The van der Waals surface area contributed by atoms with Crippen LogP contribution in [0.25, 0.3) is 17.2 Å². The SMILES string of the molecule is CN=C1CC(C=O)=Cc2ccc(-c3ccc(C=O)c(NC=O)c3)cc2N1. The van der Waals surface area contributed by atoms with Crippen molar-refractivity contribution < 1.29 is 14.4 Å². The fourth-order valence-corrected chi connectivity index (χ4v) is 2.85. The van der Waals surface area contributed by atoms with Crippen molar-refractivity contribution in [1.29, 1.82) is 0 Å². The smallest absolute Gasteiger partial charge is 0.211 e. The predicted molar refractivity (Wildman–Crippen MR) is 103 cm³/mol. The van der Waals surface area contributed by atoms with Crippen LogP contribution in [0.3, 0.4) is 0 Å². The largest absolute Gasteiger partial charge is 0.343 e. The summed E-state index contributed by atoms with van der Waals surface area (Å²) >= 11 is 0. The summed E-state index contributed by atoms with van der Waals surface area (Å²) in [4.78, 5) is 37.3. The molecule has 6 nitrogen and oxygen atoms in total. The standard InChI is InChI=1S/C20H17N3O3/c1-21-20-7-13(10-24)6-16-4-2-15(9-19(16)23-20)14-3-5-17(11-25)18(8-14)22-12-26/h2-6,8-12H,7H2,1H3,(H,21,23)(H,22,26). The minimum Gasteiger partial charge on any atom is -0.343 e. The van der Waals surface area contributed by atoms with Crippen molar-refractivity contribution >= 4 is 42.3 Å². The van der Waals surface area contributed by atoms with Crippen molar-refractivity contribution in [2.75, 3.05) is 17.7 Å². The van der Waals surface area contributed by atoms with Gasteiger partial charge < -0.3 is 10.6 Å². The molecule has 0 saturated carbocycles. The van der Waals surface area contributed by atoms with Gasteiger partial charge in [-0.25, -0.2) is 0 Å². The van der Waals surface area contributed by atoms with Crippen molar-refractivity contribution in [3.63, 3.8) is 0 Å². The molecule has 0 unspecified atom stereocenters. The highest BCUT2D eigenvalue weighted by atomic mass is 16.1. The van der Waals surface area contributed by atoms with Crippen LogP contribution in [-0.4, -0.2) is 31.9 Å². The Bertz CT molecular complexity index is 945. The molecule has 0 aromatic heterocycles. The van der Waals surface area contributed by atoms with E-state index in [0.29, 0.717) is 41.8 Å². The van der Waals surface area contributed by atoms with Crippen LogP contribution in [0.4, 0.5) is 11.4 Å². The summed E-state index contributed by atoms with van der Waals surface area (Å²) in [5, 5.41) is 5.80. The number of rotatable bonds is 5. The van der Waals surface area contributed by atoms with Gasteiger partial charge in [0, 0.05) is 30.3 Å². The molecule has 26 heavy (non-hydrogen) atoms. The zero-order valence-corrected chi connectivity index (χ0v) is 14.2. The second-order valence-electron chi connectivity index (χ2n) is 5.79. The number of amides is 1. The van der Waals surface area contributed by atoms with E-state index in [1.807, 2.05) is 30.3 Å². The lowest BCUT2D eigenvalue weighted by Gasteiger charge is -2.12. The van der Waals surface area contributed by atoms with E-state index in [4.69, 9.17) is 0 Å². The Balaban J connectivity index is 2.07. The minimum absolute atomic E-state index is 0.410. The van der Waals surface area contributed by atoms with Crippen LogP contribution in [0.15, 0.2) is 47.0 Å². The molecule has 0 aliphatic carbocycles. The second-order valence-corrected chi connectivity index (χ2v) is 5.79. The van der Waals surface area contributed by atoms with E-state index in [-0.39, 0.29) is 0 Å². The van der Waals surface area contributed by atoms with Gasteiger partial charge in [0.1, 0.15) is 12.1 Å². The molecule has 0 radical (unpaired) electrons. The molecule has 0 atom stereocenters. The van der Waals surface area contributed by atoms with E-state index in [0.717, 1.165) is 28.7 Å². The molecule has 2 aromatic carbocycles. The summed E-state index contributed by atoms with van der Waals surface area (Å²) in [5.41, 5.74) is 5.00. The Hall–Kier alpha value is -3.54. The average molecular weight is 347 g/mol. The van der Waals surface area contributed by atoms with E-state index in [2.05, 4.69) is 15.6 Å². The molecule has 0 saturated heterocycles. The van der Waals surface area contributed by atoms with Gasteiger partial charge in [-0.15, -0.1) is 0 Å². The molecule has 1 aliphatic heterocycles. The van der Waals surface area contributed by atoms with Crippen LogP contribution < -0.4 is 10.6 Å². The molecule has 2 N–H and O–H groups in total. The first kappa shape index (κ1) is 17.3. The number of aldehydes is 2. The molecule has 1 heterocycles. The summed E-state index contributed by atoms with van der Waals surface area (Å²) in [6, 6.07) is 11.0. The zero-order chi connectivity index (χ0) is 18.5. The number of fused-ring (bicyclic) bond motifs is 1. The fourth-order valence-electron chi connectivity index (χ4n) is 2.85. The van der Waals surface area contributed by atoms with Crippen LogP contribution in [0.5, 0.6) is 0 Å². The monoisotopic (exact) mass is 347 g/mol. The zero-order valence-electron chi connectivity index (χ0n) is 14.2. The highest BCUT2D eigenvalue weighted by Gasteiger charge is 2.14. The van der Waals surface area contributed by atoms with E-state index in [1.165, 1.54) is 0 Å². The van der Waals surface area contributed by atoms with Crippen molar-refractivity contribution in [3.8, 4) is 11.1 Å². The number of amidine groups is 1. The van der Waals surface area contributed by atoms with Crippen molar-refractivity contribution in [3.05, 3.63) is 53.1 Å². The summed E-state index contributed by atoms with van der Waals surface area (Å²) in [6.45, 7) is 0. The molecular weight excluding hydrogens is 330 g/mol. The number of hydrogen-bond acceptors (Lipinski definition) is 4. The maximum absolute atomic E-state index is 11.2. The van der Waals surface area contributed by atoms with Gasteiger partial charge in [-0.3, -0.25) is 19.4 Å². The Kier molecular flexibility index (Phi) is 5.03. The van der Waals surface area contributed by atoms with Crippen molar-refractivity contribution in [1.82, 2.24) is 0 Å². The third kappa shape index (κ3) is 3.44. The molecule has 6 heteroatoms. The maximum atomic E-state index is 11.2. The van der Waals surface area contributed by atoms with Crippen LogP contribution in [0.2, 0.25) is 0 Å². The number of carbonyl (C=O) groups excluding carboxylic acids is 3. The van der Waals surface area contributed by atoms with Crippen molar-refractivity contribution in [2.45, 2.75) is 6.42 Å². The fraction of sp³-hybridized carbons (Fsp3) is 0.100. The molecule has 0 fully saturated rings. The van der Waals surface area contributed by atoms with E-state index >= 15 is 0 Å². The Morgan fingerprint density at radius 1 is 1.04 bits per heavy atom. The quantitative estimate of drug-likeness (QED) is 0.813. The number of benzene rings is 2. The highest BCUT2D eigenvalue weighted by molar-refractivity contribution is 6.06.